The molecule has 0 saturated heterocycles. The Hall–Kier alpha value is -3.04. The molecule has 0 saturated carbocycles. The Morgan fingerprint density at radius 3 is 2.21 bits per heavy atom. The predicted octanol–water partition coefficient (Wildman–Crippen LogP) is 4.45. The number of ether oxygens (including phenoxy) is 1. The lowest BCUT2D eigenvalue weighted by Gasteiger charge is -2.13. The van der Waals surface area contributed by atoms with Crippen molar-refractivity contribution in [3.05, 3.63) is 65.2 Å². The van der Waals surface area contributed by atoms with E-state index in [1.165, 1.54) is 12.1 Å². The van der Waals surface area contributed by atoms with Crippen LogP contribution < -0.4 is 5.32 Å². The van der Waals surface area contributed by atoms with Gasteiger partial charge in [0.25, 0.3) is 5.91 Å². The van der Waals surface area contributed by atoms with Crippen LogP contribution in [0, 0.1) is 0 Å². The molecule has 0 aromatic heterocycles. The molecule has 2 aromatic rings. The maximum atomic E-state index is 12.9. The van der Waals surface area contributed by atoms with Crippen LogP contribution in [0.4, 0.5) is 32.0 Å². The Bertz CT molecular complexity index is 861. The number of carbonyl (C=O) groups excluding carboxylic acids is 2. The van der Waals surface area contributed by atoms with Crippen molar-refractivity contribution in [2.24, 2.45) is 0 Å². The molecule has 28 heavy (non-hydrogen) atoms. The van der Waals surface area contributed by atoms with E-state index < -0.39 is 54.1 Å². The number of amides is 1. The maximum absolute atomic E-state index is 12.9. The second kappa shape index (κ2) is 8.32. The van der Waals surface area contributed by atoms with Gasteiger partial charge in [0.15, 0.2) is 6.61 Å². The third kappa shape index (κ3) is 6.00. The number of carbonyl (C=O) groups is 2. The number of nitrogens with one attached hydrogen (secondary N) is 1. The Balaban J connectivity index is 1.93. The second-order valence-electron chi connectivity index (χ2n) is 5.63. The van der Waals surface area contributed by atoms with Crippen molar-refractivity contribution in [1.29, 1.82) is 0 Å². The fraction of sp³-hybridized carbons (Fsp3) is 0.222. The molecule has 0 fully saturated rings. The number of hydrogen-bond donors (Lipinski definition) is 1. The molecule has 0 atom stereocenters. The molecule has 0 aliphatic carbocycles. The molecule has 2 aromatic carbocycles. The van der Waals surface area contributed by atoms with Crippen molar-refractivity contribution in [3.8, 4) is 0 Å². The van der Waals surface area contributed by atoms with Crippen molar-refractivity contribution in [3.63, 3.8) is 0 Å². The average molecular weight is 405 g/mol. The number of hydrogen-bond acceptors (Lipinski definition) is 3. The lowest BCUT2D eigenvalue weighted by molar-refractivity contribution is -0.146. The molecule has 1 amide bonds. The Morgan fingerprint density at radius 1 is 0.893 bits per heavy atom. The van der Waals surface area contributed by atoms with Crippen molar-refractivity contribution < 1.29 is 40.7 Å². The van der Waals surface area contributed by atoms with E-state index in [2.05, 4.69) is 4.74 Å². The predicted molar refractivity (Wildman–Crippen MR) is 86.2 cm³/mol. The lowest BCUT2D eigenvalue weighted by Crippen LogP contribution is -2.23. The van der Waals surface area contributed by atoms with E-state index >= 15 is 0 Å². The number of benzene rings is 2. The zero-order valence-electron chi connectivity index (χ0n) is 14.0. The van der Waals surface area contributed by atoms with E-state index in [1.54, 1.807) is 0 Å². The van der Waals surface area contributed by atoms with Crippen LogP contribution in [0.3, 0.4) is 0 Å². The molecular weight excluding hydrogens is 392 g/mol. The summed E-state index contributed by atoms with van der Waals surface area (Å²) in [5.74, 6) is -2.02. The van der Waals surface area contributed by atoms with Crippen LogP contribution in [0.15, 0.2) is 48.5 Å². The van der Waals surface area contributed by atoms with Crippen molar-refractivity contribution in [1.82, 2.24) is 0 Å². The molecule has 0 aliphatic rings. The van der Waals surface area contributed by atoms with Gasteiger partial charge in [0.1, 0.15) is 0 Å². The van der Waals surface area contributed by atoms with Crippen LogP contribution in [-0.4, -0.2) is 18.5 Å². The van der Waals surface area contributed by atoms with Crippen LogP contribution in [0.25, 0.3) is 0 Å². The van der Waals surface area contributed by atoms with Gasteiger partial charge in [-0.3, -0.25) is 9.59 Å². The molecule has 0 aliphatic heterocycles. The van der Waals surface area contributed by atoms with Gasteiger partial charge >= 0.3 is 18.3 Å². The van der Waals surface area contributed by atoms with Gasteiger partial charge in [-0.05, 0) is 23.8 Å². The Labute approximate surface area is 155 Å². The SMILES string of the molecule is O=C(COC(=O)Cc1cccc(C(F)(F)F)c1)Nc1ccccc1C(F)(F)F. The van der Waals surface area contributed by atoms with Gasteiger partial charge in [0.2, 0.25) is 0 Å². The van der Waals surface area contributed by atoms with E-state index in [4.69, 9.17) is 0 Å². The van der Waals surface area contributed by atoms with Crippen molar-refractivity contribution in [2.75, 3.05) is 11.9 Å². The zero-order chi connectivity index (χ0) is 20.9. The van der Waals surface area contributed by atoms with Gasteiger partial charge in [0, 0.05) is 0 Å². The van der Waals surface area contributed by atoms with Crippen LogP contribution in [0.1, 0.15) is 16.7 Å². The minimum atomic E-state index is -4.69. The number of alkyl halides is 6. The monoisotopic (exact) mass is 405 g/mol. The van der Waals surface area contributed by atoms with Crippen LogP contribution in [0.5, 0.6) is 0 Å². The van der Waals surface area contributed by atoms with E-state index in [1.807, 2.05) is 5.32 Å². The first-order valence-corrected chi connectivity index (χ1v) is 7.74. The number of esters is 1. The number of anilines is 1. The molecule has 4 nitrogen and oxygen atoms in total. The summed E-state index contributed by atoms with van der Waals surface area (Å²) in [5, 5.41) is 1.98. The molecular formula is C18H13F6NO3. The largest absolute Gasteiger partial charge is 0.455 e. The smallest absolute Gasteiger partial charge is 0.418 e. The number of rotatable bonds is 5. The van der Waals surface area contributed by atoms with Gasteiger partial charge in [-0.2, -0.15) is 26.3 Å². The van der Waals surface area contributed by atoms with Crippen LogP contribution in [-0.2, 0) is 33.1 Å². The minimum absolute atomic E-state index is 0.0163. The van der Waals surface area contributed by atoms with Crippen molar-refractivity contribution >= 4 is 17.6 Å². The molecule has 0 spiro atoms. The molecule has 0 heterocycles. The summed E-state index contributed by atoms with van der Waals surface area (Å²) in [4.78, 5) is 23.4. The normalized spacial score (nSPS) is 11.8. The summed E-state index contributed by atoms with van der Waals surface area (Å²) in [6.07, 6.45) is -9.80. The lowest BCUT2D eigenvalue weighted by atomic mass is 10.1. The Morgan fingerprint density at radius 2 is 1.57 bits per heavy atom. The van der Waals surface area contributed by atoms with Gasteiger partial charge in [0.05, 0.1) is 23.2 Å². The van der Waals surface area contributed by atoms with Gasteiger partial charge in [-0.1, -0.05) is 30.3 Å². The molecule has 2 rings (SSSR count). The van der Waals surface area contributed by atoms with E-state index in [9.17, 15) is 35.9 Å². The number of para-hydroxylation sites is 1. The molecule has 1 N–H and O–H groups in total. The van der Waals surface area contributed by atoms with Crippen molar-refractivity contribution in [2.45, 2.75) is 18.8 Å². The highest BCUT2D eigenvalue weighted by atomic mass is 19.4. The van der Waals surface area contributed by atoms with Crippen LogP contribution in [0.2, 0.25) is 0 Å². The third-order valence-corrected chi connectivity index (χ3v) is 3.47. The first-order chi connectivity index (χ1) is 13.0. The van der Waals surface area contributed by atoms with E-state index in [0.29, 0.717) is 0 Å². The second-order valence-corrected chi connectivity index (χ2v) is 5.63. The average Bonchev–Trinajstić information content (AvgIpc) is 2.59. The fourth-order valence-electron chi connectivity index (χ4n) is 2.25. The zero-order valence-corrected chi connectivity index (χ0v) is 14.0. The first kappa shape index (κ1) is 21.3. The highest BCUT2D eigenvalue weighted by Crippen LogP contribution is 2.34. The standard InChI is InChI=1S/C18H13F6NO3/c19-17(20,21)12-5-3-4-11(8-12)9-16(27)28-10-15(26)25-14-7-2-1-6-13(14)18(22,23)24/h1-8H,9-10H2,(H,25,26). The van der Waals surface area contributed by atoms with Gasteiger partial charge < -0.3 is 10.1 Å². The molecule has 0 unspecified atom stereocenters. The molecule has 10 heteroatoms. The van der Waals surface area contributed by atoms with E-state index in [-0.39, 0.29) is 5.56 Å². The Kier molecular flexibility index (Phi) is 6.32. The van der Waals surface area contributed by atoms with E-state index in [0.717, 1.165) is 36.4 Å². The molecule has 0 bridgehead atoms. The fourth-order valence-corrected chi connectivity index (χ4v) is 2.25. The third-order valence-electron chi connectivity index (χ3n) is 3.47. The summed E-state index contributed by atoms with van der Waals surface area (Å²) in [7, 11) is 0. The summed E-state index contributed by atoms with van der Waals surface area (Å²) in [6, 6.07) is 8.22. The summed E-state index contributed by atoms with van der Waals surface area (Å²) >= 11 is 0. The van der Waals surface area contributed by atoms with Gasteiger partial charge in [-0.25, -0.2) is 0 Å². The topological polar surface area (TPSA) is 55.4 Å². The summed E-state index contributed by atoms with van der Waals surface area (Å²) < 4.78 is 81.1. The number of halogens is 6. The molecule has 0 radical (unpaired) electrons. The maximum Gasteiger partial charge on any atom is 0.418 e. The highest BCUT2D eigenvalue weighted by molar-refractivity contribution is 5.93. The summed E-state index contributed by atoms with van der Waals surface area (Å²) in [6.45, 7) is -0.885. The minimum Gasteiger partial charge on any atom is -0.455 e. The first-order valence-electron chi connectivity index (χ1n) is 7.74. The summed E-state index contributed by atoms with van der Waals surface area (Å²) in [5.41, 5.74) is -2.51. The van der Waals surface area contributed by atoms with Gasteiger partial charge in [-0.15, -0.1) is 0 Å². The highest BCUT2D eigenvalue weighted by Gasteiger charge is 2.33. The van der Waals surface area contributed by atoms with Crippen LogP contribution >= 0.6 is 0 Å². The quantitative estimate of drug-likeness (QED) is 0.591. The molecule has 150 valence electrons.